The molecule has 0 unspecified atom stereocenters. The van der Waals surface area contributed by atoms with E-state index in [0.29, 0.717) is 0 Å². The van der Waals surface area contributed by atoms with Crippen LogP contribution >= 0.6 is 15.9 Å². The minimum absolute atomic E-state index is 0.362. The fourth-order valence-corrected chi connectivity index (χ4v) is 16.7. The van der Waals surface area contributed by atoms with E-state index in [1.54, 1.807) is 0 Å². The van der Waals surface area contributed by atoms with Gasteiger partial charge < -0.3 is 9.31 Å². The standard InChI is InChI=1S/C45H28N2.C26H17Br.C25H23BN2O2/c1-2-12-29(13-3-1)30-22-24-31(25-23-30)43-34-15-5-7-17-36(34)44(37-18-8-6-16-35(37)43)32-26-27-41-39(28-32)33-14-4-9-19-38(33)45-46-40-20-10-11-21-42(40)47(41)45;27-26-23-12-6-4-10-21(23)25(22-11-5-7-13-24(22)26)20-16-14-19(15-17-20)18-8-2-1-3-9-18;1-24(2)25(3,4)30-26(29-24)16-13-14-21-19(15-16)17-9-5-6-10-18(17)23-27-20-11-7-8-12-22(20)28(21)23/h1-28H;1-17H;5-15H,1-4H3. The molecule has 1 aliphatic rings. The first-order valence-corrected chi connectivity index (χ1v) is 36.4. The summed E-state index contributed by atoms with van der Waals surface area (Å²) < 4.78 is 18.4. The zero-order valence-electron chi connectivity index (χ0n) is 57.9. The summed E-state index contributed by atoms with van der Waals surface area (Å²) in [6.07, 6.45) is 0. The van der Waals surface area contributed by atoms with E-state index in [4.69, 9.17) is 19.3 Å². The average molecular weight is 1400 g/mol. The molecule has 16 aromatic carbocycles. The molecular formula is C96H68BBrN4O2. The van der Waals surface area contributed by atoms with E-state index >= 15 is 0 Å². The molecule has 21 rings (SSSR count). The molecule has 0 radical (unpaired) electrons. The predicted molar refractivity (Wildman–Crippen MR) is 442 cm³/mol. The van der Waals surface area contributed by atoms with E-state index in [0.717, 1.165) is 55.1 Å². The molecule has 6 nitrogen and oxygen atoms in total. The Morgan fingerprint density at radius 3 is 0.981 bits per heavy atom. The van der Waals surface area contributed by atoms with Crippen LogP contribution in [0.25, 0.3) is 175 Å². The molecule has 8 heteroatoms. The van der Waals surface area contributed by atoms with Crippen molar-refractivity contribution in [3.05, 3.63) is 344 Å². The molecule has 5 heterocycles. The Labute approximate surface area is 611 Å². The van der Waals surface area contributed by atoms with Gasteiger partial charge in [-0.1, -0.05) is 297 Å². The van der Waals surface area contributed by atoms with Crippen LogP contribution < -0.4 is 5.46 Å². The van der Waals surface area contributed by atoms with Gasteiger partial charge in [0.15, 0.2) is 0 Å². The highest BCUT2D eigenvalue weighted by molar-refractivity contribution is 9.10. The maximum atomic E-state index is 6.31. The minimum atomic E-state index is -0.381. The van der Waals surface area contributed by atoms with Crippen LogP contribution in [0.1, 0.15) is 27.7 Å². The van der Waals surface area contributed by atoms with Crippen molar-refractivity contribution in [1.82, 2.24) is 18.8 Å². The number of rotatable bonds is 6. The van der Waals surface area contributed by atoms with E-state index in [9.17, 15) is 0 Å². The number of imidazole rings is 2. The predicted octanol–water partition coefficient (Wildman–Crippen LogP) is 25.3. The van der Waals surface area contributed by atoms with Crippen LogP contribution in [0.5, 0.6) is 0 Å². The van der Waals surface area contributed by atoms with Crippen molar-refractivity contribution in [2.75, 3.05) is 0 Å². The van der Waals surface area contributed by atoms with Crippen LogP contribution in [0, 0.1) is 0 Å². The maximum absolute atomic E-state index is 6.31. The van der Waals surface area contributed by atoms with Crippen LogP contribution in [0.2, 0.25) is 0 Å². The summed E-state index contributed by atoms with van der Waals surface area (Å²) in [4.78, 5) is 10.0. The number of nitrogens with zero attached hydrogens (tertiary/aromatic N) is 4. The van der Waals surface area contributed by atoms with Gasteiger partial charge in [0.2, 0.25) is 0 Å². The lowest BCUT2D eigenvalue weighted by atomic mass is 9.78. The highest BCUT2D eigenvalue weighted by atomic mass is 79.9. The van der Waals surface area contributed by atoms with E-state index in [1.165, 1.54) is 130 Å². The van der Waals surface area contributed by atoms with Crippen molar-refractivity contribution >= 4 is 148 Å². The zero-order chi connectivity index (χ0) is 69.8. The highest BCUT2D eigenvalue weighted by Gasteiger charge is 2.51. The summed E-state index contributed by atoms with van der Waals surface area (Å²) in [5.74, 6) is 0. The lowest BCUT2D eigenvalue weighted by Crippen LogP contribution is -2.41. The fraction of sp³-hybridized carbons (Fsp3) is 0.0625. The SMILES string of the molecule is Brc1c2ccccc2c(-c2ccc(-c3ccccc3)cc2)c2ccccc12.CC1(C)OB(c2ccc3c(c2)c2ccccc2c2nc4ccccc4n32)OC1(C)C.c1ccc(-c2ccc(-c3c4ccccc4c(-c4ccc5c(c4)c4ccccc4c4nc6ccccc6n54)c4ccccc34)cc2)cc1. The van der Waals surface area contributed by atoms with Gasteiger partial charge >= 0.3 is 7.12 Å². The molecule has 1 aliphatic heterocycles. The molecule has 494 valence electrons. The molecule has 1 saturated heterocycles. The summed E-state index contributed by atoms with van der Waals surface area (Å²) in [7, 11) is -0.381. The molecule has 0 atom stereocenters. The van der Waals surface area contributed by atoms with Gasteiger partial charge in [0.05, 0.1) is 44.3 Å². The van der Waals surface area contributed by atoms with Gasteiger partial charge in [0, 0.05) is 26.0 Å². The van der Waals surface area contributed by atoms with E-state index in [1.807, 2.05) is 6.07 Å². The number of para-hydroxylation sites is 4. The zero-order valence-corrected chi connectivity index (χ0v) is 59.5. The lowest BCUT2D eigenvalue weighted by molar-refractivity contribution is 0.00578. The van der Waals surface area contributed by atoms with Crippen LogP contribution in [0.3, 0.4) is 0 Å². The lowest BCUT2D eigenvalue weighted by Gasteiger charge is -2.32. The van der Waals surface area contributed by atoms with Crippen molar-refractivity contribution in [3.8, 4) is 55.6 Å². The average Bonchev–Trinajstić information content (AvgIpc) is 1.42. The first kappa shape index (κ1) is 62.9. The third-order valence-electron chi connectivity index (χ3n) is 21.7. The maximum Gasteiger partial charge on any atom is 0.494 e. The van der Waals surface area contributed by atoms with E-state index in [2.05, 4.69) is 386 Å². The second-order valence-corrected chi connectivity index (χ2v) is 29.0. The van der Waals surface area contributed by atoms with Gasteiger partial charge in [-0.05, 0) is 201 Å². The Bertz CT molecular complexity index is 6680. The van der Waals surface area contributed by atoms with Crippen LogP contribution in [0.4, 0.5) is 0 Å². The molecule has 104 heavy (non-hydrogen) atoms. The van der Waals surface area contributed by atoms with Crippen molar-refractivity contribution < 1.29 is 9.31 Å². The van der Waals surface area contributed by atoms with Gasteiger partial charge in [0.25, 0.3) is 0 Å². The van der Waals surface area contributed by atoms with Crippen molar-refractivity contribution in [2.45, 2.75) is 38.9 Å². The molecule has 0 bridgehead atoms. The second-order valence-electron chi connectivity index (χ2n) is 28.2. The molecule has 0 spiro atoms. The quantitative estimate of drug-likeness (QED) is 0.0946. The van der Waals surface area contributed by atoms with Crippen molar-refractivity contribution in [1.29, 1.82) is 0 Å². The Balaban J connectivity index is 0.000000113. The smallest absolute Gasteiger partial charge is 0.399 e. The number of hydrogen-bond donors (Lipinski definition) is 0. The van der Waals surface area contributed by atoms with Gasteiger partial charge in [-0.15, -0.1) is 0 Å². The number of fused-ring (bicyclic) bond motifs is 20. The summed E-state index contributed by atoms with van der Waals surface area (Å²) >= 11 is 3.83. The van der Waals surface area contributed by atoms with E-state index in [-0.39, 0.29) is 18.3 Å². The molecule has 4 aromatic heterocycles. The van der Waals surface area contributed by atoms with Crippen LogP contribution in [-0.4, -0.2) is 37.1 Å². The topological polar surface area (TPSA) is 53.1 Å². The summed E-state index contributed by atoms with van der Waals surface area (Å²) in [6.45, 7) is 8.35. The molecular weight excluding hydrogens is 1330 g/mol. The van der Waals surface area contributed by atoms with Gasteiger partial charge in [-0.3, -0.25) is 8.80 Å². The Morgan fingerprint density at radius 2 is 0.558 bits per heavy atom. The van der Waals surface area contributed by atoms with Crippen LogP contribution in [0.15, 0.2) is 344 Å². The molecule has 0 saturated carbocycles. The fourth-order valence-electron chi connectivity index (χ4n) is 16.0. The molecule has 0 amide bonds. The first-order valence-electron chi connectivity index (χ1n) is 35.7. The van der Waals surface area contributed by atoms with E-state index < -0.39 is 0 Å². The third-order valence-corrected chi connectivity index (χ3v) is 22.6. The first-order chi connectivity index (χ1) is 51.0. The Morgan fingerprint density at radius 1 is 0.260 bits per heavy atom. The van der Waals surface area contributed by atoms with Crippen LogP contribution in [-0.2, 0) is 9.31 Å². The number of benzene rings is 16. The summed E-state index contributed by atoms with van der Waals surface area (Å²) in [5.41, 5.74) is 21.3. The molecule has 20 aromatic rings. The Hall–Kier alpha value is -12.0. The van der Waals surface area contributed by atoms with Crippen molar-refractivity contribution in [3.63, 3.8) is 0 Å². The molecule has 0 aliphatic carbocycles. The summed E-state index contributed by atoms with van der Waals surface area (Å²) in [6, 6.07) is 122. The number of pyridine rings is 2. The third kappa shape index (κ3) is 10.5. The number of hydrogen-bond acceptors (Lipinski definition) is 4. The minimum Gasteiger partial charge on any atom is -0.399 e. The number of aromatic nitrogens is 4. The number of halogens is 1. The van der Waals surface area contributed by atoms with Gasteiger partial charge in [-0.25, -0.2) is 9.97 Å². The van der Waals surface area contributed by atoms with Crippen molar-refractivity contribution in [2.24, 2.45) is 0 Å². The Kier molecular flexibility index (Phi) is 15.2. The monoisotopic (exact) mass is 1400 g/mol. The summed E-state index contributed by atoms with van der Waals surface area (Å²) in [5, 5.41) is 17.2. The normalized spacial score (nSPS) is 13.5. The van der Waals surface area contributed by atoms with Gasteiger partial charge in [0.1, 0.15) is 11.3 Å². The molecule has 0 N–H and O–H groups in total. The van der Waals surface area contributed by atoms with Gasteiger partial charge in [-0.2, -0.15) is 0 Å². The largest absolute Gasteiger partial charge is 0.494 e. The highest BCUT2D eigenvalue weighted by Crippen LogP contribution is 2.47. The molecule has 1 fully saturated rings. The second kappa shape index (κ2) is 25.2.